The zero-order valence-electron chi connectivity index (χ0n) is 13.5. The molecule has 124 valence electrons. The largest absolute Gasteiger partial charge is 0.357 e. The first-order valence-electron chi connectivity index (χ1n) is 7.91. The zero-order chi connectivity index (χ0) is 17.0. The summed E-state index contributed by atoms with van der Waals surface area (Å²) in [5.74, 6) is -1.94. The van der Waals surface area contributed by atoms with Gasteiger partial charge in [-0.2, -0.15) is 0 Å². The van der Waals surface area contributed by atoms with Crippen molar-refractivity contribution in [1.29, 1.82) is 0 Å². The highest BCUT2D eigenvalue weighted by molar-refractivity contribution is 6.16. The Bertz CT molecular complexity index is 872. The van der Waals surface area contributed by atoms with Crippen molar-refractivity contribution in [3.63, 3.8) is 0 Å². The fourth-order valence-corrected chi connectivity index (χ4v) is 3.78. The molecule has 4 rings (SSSR count). The second-order valence-corrected chi connectivity index (χ2v) is 6.41. The lowest BCUT2D eigenvalue weighted by Gasteiger charge is -2.39. The van der Waals surface area contributed by atoms with Crippen molar-refractivity contribution < 1.29 is 14.4 Å². The van der Waals surface area contributed by atoms with E-state index in [9.17, 15) is 14.4 Å². The average Bonchev–Trinajstić information content (AvgIpc) is 2.93. The minimum absolute atomic E-state index is 0.413. The number of aromatic nitrogens is 1. The molecule has 1 aromatic heterocycles. The van der Waals surface area contributed by atoms with E-state index in [1.807, 2.05) is 36.2 Å². The molecule has 24 heavy (non-hydrogen) atoms. The Kier molecular flexibility index (Phi) is 3.21. The van der Waals surface area contributed by atoms with Crippen LogP contribution in [0.15, 0.2) is 24.3 Å². The number of imide groups is 2. The Balaban J connectivity index is 1.85. The summed E-state index contributed by atoms with van der Waals surface area (Å²) in [6.45, 7) is 0.744. The molecule has 7 heteroatoms. The molecule has 2 aliphatic rings. The van der Waals surface area contributed by atoms with E-state index in [0.29, 0.717) is 0 Å². The zero-order valence-corrected chi connectivity index (χ0v) is 13.5. The first-order chi connectivity index (χ1) is 11.5. The van der Waals surface area contributed by atoms with E-state index in [4.69, 9.17) is 0 Å². The van der Waals surface area contributed by atoms with Crippen molar-refractivity contribution in [1.82, 2.24) is 20.1 Å². The summed E-state index contributed by atoms with van der Waals surface area (Å²) in [7, 11) is 3.29. The van der Waals surface area contributed by atoms with E-state index in [1.165, 1.54) is 7.05 Å². The number of nitrogens with zero attached hydrogens (tertiary/aromatic N) is 2. The fourth-order valence-electron chi connectivity index (χ4n) is 3.78. The van der Waals surface area contributed by atoms with Crippen molar-refractivity contribution in [2.75, 3.05) is 20.6 Å². The number of aromatic amines is 1. The molecule has 1 fully saturated rings. The van der Waals surface area contributed by atoms with E-state index in [0.717, 1.165) is 40.0 Å². The molecule has 1 aromatic carbocycles. The van der Waals surface area contributed by atoms with Crippen LogP contribution in [-0.4, -0.2) is 53.3 Å². The molecular weight excluding hydrogens is 308 g/mol. The number of fused-ring (bicyclic) bond motifs is 3. The molecule has 1 saturated heterocycles. The predicted octanol–water partition coefficient (Wildman–Crippen LogP) is 1.02. The lowest BCUT2D eigenvalue weighted by Crippen LogP contribution is -2.59. The van der Waals surface area contributed by atoms with Gasteiger partial charge in [-0.25, -0.2) is 4.79 Å². The van der Waals surface area contributed by atoms with Crippen molar-refractivity contribution in [2.24, 2.45) is 5.92 Å². The molecule has 0 aliphatic carbocycles. The minimum Gasteiger partial charge on any atom is -0.357 e. The number of carbonyl (C=O) groups excluding carboxylic acids is 3. The molecule has 2 N–H and O–H groups in total. The normalized spacial score (nSPS) is 25.1. The molecule has 0 radical (unpaired) electrons. The maximum Gasteiger partial charge on any atom is 0.330 e. The smallest absolute Gasteiger partial charge is 0.330 e. The Morgan fingerprint density at radius 3 is 2.67 bits per heavy atom. The predicted molar refractivity (Wildman–Crippen MR) is 87.2 cm³/mol. The second-order valence-electron chi connectivity index (χ2n) is 6.41. The van der Waals surface area contributed by atoms with Gasteiger partial charge in [-0.15, -0.1) is 0 Å². The monoisotopic (exact) mass is 326 g/mol. The van der Waals surface area contributed by atoms with Crippen LogP contribution >= 0.6 is 0 Å². The van der Waals surface area contributed by atoms with E-state index < -0.39 is 29.8 Å². The van der Waals surface area contributed by atoms with Crippen LogP contribution in [0, 0.1) is 5.92 Å². The number of rotatable bonds is 1. The molecule has 3 heterocycles. The fraction of sp³-hybridized carbons (Fsp3) is 0.353. The van der Waals surface area contributed by atoms with Gasteiger partial charge < -0.3 is 4.98 Å². The number of hydrogen-bond acceptors (Lipinski definition) is 4. The van der Waals surface area contributed by atoms with E-state index in [1.54, 1.807) is 0 Å². The van der Waals surface area contributed by atoms with Crippen LogP contribution in [0.2, 0.25) is 0 Å². The average molecular weight is 326 g/mol. The molecular formula is C17H18N4O3. The SMILES string of the molecule is CN1C(=O)NC(=O)C(C2c3[nH]c4ccccc4c3CCN2C)C1=O. The van der Waals surface area contributed by atoms with Crippen LogP contribution < -0.4 is 5.32 Å². The molecule has 0 spiro atoms. The number of urea groups is 1. The van der Waals surface area contributed by atoms with Gasteiger partial charge in [-0.1, -0.05) is 18.2 Å². The quantitative estimate of drug-likeness (QED) is 0.766. The minimum atomic E-state index is -0.940. The van der Waals surface area contributed by atoms with Crippen molar-refractivity contribution in [3.8, 4) is 0 Å². The number of barbiturate groups is 1. The first-order valence-corrected chi connectivity index (χ1v) is 7.91. The van der Waals surface area contributed by atoms with E-state index >= 15 is 0 Å². The molecule has 2 aliphatic heterocycles. The number of likely N-dealkylation sites (N-methyl/N-ethyl adjacent to an activating group) is 1. The van der Waals surface area contributed by atoms with Gasteiger partial charge in [-0.3, -0.25) is 24.7 Å². The summed E-state index contributed by atoms with van der Waals surface area (Å²) in [4.78, 5) is 43.1. The molecule has 7 nitrogen and oxygen atoms in total. The van der Waals surface area contributed by atoms with Crippen LogP contribution in [0.5, 0.6) is 0 Å². The van der Waals surface area contributed by atoms with Crippen molar-refractivity contribution in [3.05, 3.63) is 35.5 Å². The Labute approximate surface area is 138 Å². The summed E-state index contributed by atoms with van der Waals surface area (Å²) < 4.78 is 0. The lowest BCUT2D eigenvalue weighted by molar-refractivity contribution is -0.145. The third-order valence-corrected chi connectivity index (χ3v) is 5.06. The third-order valence-electron chi connectivity index (χ3n) is 5.06. The summed E-state index contributed by atoms with van der Waals surface area (Å²) in [6, 6.07) is 6.89. The number of nitrogens with one attached hydrogen (secondary N) is 2. The van der Waals surface area contributed by atoms with Crippen molar-refractivity contribution >= 4 is 28.7 Å². The van der Waals surface area contributed by atoms with Gasteiger partial charge in [0, 0.05) is 30.2 Å². The highest BCUT2D eigenvalue weighted by Crippen LogP contribution is 2.39. The van der Waals surface area contributed by atoms with Gasteiger partial charge in [0.2, 0.25) is 11.8 Å². The number of carbonyl (C=O) groups is 3. The van der Waals surface area contributed by atoms with E-state index in [-0.39, 0.29) is 0 Å². The maximum absolute atomic E-state index is 12.6. The Hall–Kier alpha value is -2.67. The lowest BCUT2D eigenvalue weighted by atomic mass is 9.86. The number of benzene rings is 1. The van der Waals surface area contributed by atoms with Gasteiger partial charge in [0.1, 0.15) is 5.92 Å². The highest BCUT2D eigenvalue weighted by atomic mass is 16.2. The number of amides is 4. The van der Waals surface area contributed by atoms with Crippen molar-refractivity contribution in [2.45, 2.75) is 12.5 Å². The van der Waals surface area contributed by atoms with Crippen LogP contribution in [-0.2, 0) is 16.0 Å². The topological polar surface area (TPSA) is 85.5 Å². The van der Waals surface area contributed by atoms with Gasteiger partial charge >= 0.3 is 6.03 Å². The molecule has 0 bridgehead atoms. The Morgan fingerprint density at radius 2 is 1.88 bits per heavy atom. The van der Waals surface area contributed by atoms with Gasteiger partial charge in [0.15, 0.2) is 0 Å². The summed E-state index contributed by atoms with van der Waals surface area (Å²) in [6.07, 6.45) is 0.851. The van der Waals surface area contributed by atoms with Gasteiger partial charge in [0.25, 0.3) is 0 Å². The third kappa shape index (κ3) is 1.98. The molecule has 2 unspecified atom stereocenters. The molecule has 0 saturated carbocycles. The highest BCUT2D eigenvalue weighted by Gasteiger charge is 2.47. The van der Waals surface area contributed by atoms with Crippen LogP contribution in [0.1, 0.15) is 17.3 Å². The summed E-state index contributed by atoms with van der Waals surface area (Å²) in [5, 5.41) is 3.40. The van der Waals surface area contributed by atoms with Gasteiger partial charge in [0.05, 0.1) is 6.04 Å². The second kappa shape index (κ2) is 5.17. The van der Waals surface area contributed by atoms with Crippen LogP contribution in [0.25, 0.3) is 10.9 Å². The van der Waals surface area contributed by atoms with Crippen LogP contribution in [0.3, 0.4) is 0 Å². The summed E-state index contributed by atoms with van der Waals surface area (Å²) in [5.41, 5.74) is 3.03. The molecule has 4 amide bonds. The first kappa shape index (κ1) is 14.9. The molecule has 2 atom stereocenters. The maximum atomic E-state index is 12.6. The number of hydrogen-bond donors (Lipinski definition) is 2. The Morgan fingerprint density at radius 1 is 1.12 bits per heavy atom. The van der Waals surface area contributed by atoms with E-state index in [2.05, 4.69) is 10.3 Å². The van der Waals surface area contributed by atoms with Crippen LogP contribution in [0.4, 0.5) is 4.79 Å². The summed E-state index contributed by atoms with van der Waals surface area (Å²) >= 11 is 0. The number of H-pyrrole nitrogens is 1. The standard InChI is InChI=1S/C17H18N4O3/c1-20-8-7-10-9-5-3-4-6-11(9)18-13(10)14(20)12-15(22)19-17(24)21(2)16(12)23/h3-6,12,14,18H,7-8H2,1-2H3,(H,19,22,24). The molecule has 2 aromatic rings. The number of para-hydroxylation sites is 1. The van der Waals surface area contributed by atoms with Gasteiger partial charge in [-0.05, 0) is 25.1 Å².